The van der Waals surface area contributed by atoms with Crippen LogP contribution in [0.4, 0.5) is 8.78 Å². The maximum atomic E-state index is 13.3. The third-order valence-electron chi connectivity index (χ3n) is 2.39. The van der Waals surface area contributed by atoms with Crippen LogP contribution in [-0.2, 0) is 6.42 Å². The van der Waals surface area contributed by atoms with E-state index in [1.165, 1.54) is 24.5 Å². The Morgan fingerprint density at radius 2 is 1.81 bits per heavy atom. The molecule has 0 aliphatic carbocycles. The van der Waals surface area contributed by atoms with E-state index >= 15 is 0 Å². The molecule has 2 rings (SSSR count). The number of nitrogens with two attached hydrogens (primary N) is 1. The average molecular weight is 223 g/mol. The number of hydrogen-bond acceptors (Lipinski definition) is 2. The Hall–Kier alpha value is -1.68. The lowest BCUT2D eigenvalue weighted by molar-refractivity contribution is 0.453. The van der Waals surface area contributed by atoms with Gasteiger partial charge < -0.3 is 10.2 Å². The molecule has 0 aliphatic heterocycles. The Bertz CT molecular complexity index is 448. The minimum atomic E-state index is -0.581. The van der Waals surface area contributed by atoms with E-state index in [0.29, 0.717) is 5.76 Å². The van der Waals surface area contributed by atoms with Crippen LogP contribution in [0, 0.1) is 11.6 Å². The third kappa shape index (κ3) is 2.12. The van der Waals surface area contributed by atoms with Crippen molar-refractivity contribution < 1.29 is 13.2 Å². The van der Waals surface area contributed by atoms with Gasteiger partial charge in [-0.3, -0.25) is 0 Å². The molecule has 0 bridgehead atoms. The zero-order chi connectivity index (χ0) is 11.5. The molecule has 0 saturated carbocycles. The van der Waals surface area contributed by atoms with E-state index in [1.54, 1.807) is 12.1 Å². The molecule has 1 aromatic carbocycles. The van der Waals surface area contributed by atoms with Crippen LogP contribution in [0.25, 0.3) is 0 Å². The van der Waals surface area contributed by atoms with Gasteiger partial charge in [-0.15, -0.1) is 0 Å². The minimum Gasteiger partial charge on any atom is -0.468 e. The van der Waals surface area contributed by atoms with Crippen molar-refractivity contribution in [2.75, 3.05) is 0 Å². The zero-order valence-electron chi connectivity index (χ0n) is 8.49. The molecule has 1 unspecified atom stereocenters. The maximum absolute atomic E-state index is 13.3. The summed E-state index contributed by atoms with van der Waals surface area (Å²) in [6, 6.07) is 6.59. The highest BCUT2D eigenvalue weighted by atomic mass is 19.1. The fraction of sp³-hybridized carbons (Fsp3) is 0.167. The van der Waals surface area contributed by atoms with Crippen molar-refractivity contribution in [3.8, 4) is 0 Å². The van der Waals surface area contributed by atoms with Crippen molar-refractivity contribution in [2.45, 2.75) is 12.5 Å². The highest BCUT2D eigenvalue weighted by Gasteiger charge is 2.15. The van der Waals surface area contributed by atoms with Gasteiger partial charge in [-0.25, -0.2) is 8.78 Å². The highest BCUT2D eigenvalue weighted by molar-refractivity contribution is 5.22. The summed E-state index contributed by atoms with van der Waals surface area (Å²) in [5, 5.41) is 0. The van der Waals surface area contributed by atoms with Crippen LogP contribution in [0.1, 0.15) is 17.4 Å². The summed E-state index contributed by atoms with van der Waals surface area (Å²) in [6.45, 7) is 0. The Balaban J connectivity index is 2.21. The van der Waals surface area contributed by atoms with Gasteiger partial charge in [0, 0.05) is 12.0 Å². The minimum absolute atomic E-state index is 0.00796. The SMILES string of the molecule is NC(Cc1c(F)cccc1F)c1ccco1. The lowest BCUT2D eigenvalue weighted by Gasteiger charge is -2.10. The predicted octanol–water partition coefficient (Wildman–Crippen LogP) is 2.80. The third-order valence-corrected chi connectivity index (χ3v) is 2.39. The molecule has 0 radical (unpaired) electrons. The van der Waals surface area contributed by atoms with Crippen LogP contribution in [0.3, 0.4) is 0 Å². The second-order valence-electron chi connectivity index (χ2n) is 3.53. The second-order valence-corrected chi connectivity index (χ2v) is 3.53. The van der Waals surface area contributed by atoms with Gasteiger partial charge in [0.25, 0.3) is 0 Å². The molecule has 2 N–H and O–H groups in total. The highest BCUT2D eigenvalue weighted by Crippen LogP contribution is 2.20. The van der Waals surface area contributed by atoms with E-state index in [4.69, 9.17) is 10.2 Å². The summed E-state index contributed by atoms with van der Waals surface area (Å²) in [4.78, 5) is 0. The van der Waals surface area contributed by atoms with Crippen LogP contribution in [-0.4, -0.2) is 0 Å². The standard InChI is InChI=1S/C12H11F2NO/c13-9-3-1-4-10(14)8(9)7-11(15)12-5-2-6-16-12/h1-6,11H,7,15H2. The molecule has 0 fully saturated rings. The molecular formula is C12H11F2NO. The molecule has 0 aliphatic rings. The summed E-state index contributed by atoms with van der Waals surface area (Å²) >= 11 is 0. The predicted molar refractivity (Wildman–Crippen MR) is 55.7 cm³/mol. The number of halogens is 2. The molecule has 0 saturated heterocycles. The largest absolute Gasteiger partial charge is 0.468 e. The van der Waals surface area contributed by atoms with E-state index in [9.17, 15) is 8.78 Å². The second kappa shape index (κ2) is 4.45. The molecule has 2 aromatic rings. The van der Waals surface area contributed by atoms with Gasteiger partial charge in [0.2, 0.25) is 0 Å². The lowest BCUT2D eigenvalue weighted by atomic mass is 10.0. The number of furan rings is 1. The molecule has 2 nitrogen and oxygen atoms in total. The molecule has 84 valence electrons. The smallest absolute Gasteiger partial charge is 0.129 e. The van der Waals surface area contributed by atoms with Gasteiger partial charge in [0.15, 0.2) is 0 Å². The molecule has 0 spiro atoms. The van der Waals surface area contributed by atoms with Gasteiger partial charge in [-0.1, -0.05) is 6.07 Å². The Labute approximate surface area is 91.7 Å². The van der Waals surface area contributed by atoms with E-state index in [2.05, 4.69) is 0 Å². The van der Waals surface area contributed by atoms with Gasteiger partial charge in [0.05, 0.1) is 12.3 Å². The summed E-state index contributed by atoms with van der Waals surface area (Å²) in [7, 11) is 0. The molecule has 1 aromatic heterocycles. The average Bonchev–Trinajstić information content (AvgIpc) is 2.76. The molecule has 1 heterocycles. The summed E-state index contributed by atoms with van der Waals surface area (Å²) in [6.07, 6.45) is 1.55. The lowest BCUT2D eigenvalue weighted by Crippen LogP contribution is -2.14. The van der Waals surface area contributed by atoms with E-state index < -0.39 is 17.7 Å². The molecule has 0 amide bonds. The van der Waals surface area contributed by atoms with E-state index in [0.717, 1.165) is 0 Å². The van der Waals surface area contributed by atoms with Gasteiger partial charge in [0.1, 0.15) is 17.4 Å². The number of benzene rings is 1. The Kier molecular flexibility index (Phi) is 3.01. The van der Waals surface area contributed by atoms with Gasteiger partial charge in [-0.2, -0.15) is 0 Å². The molecule has 4 heteroatoms. The van der Waals surface area contributed by atoms with Crippen molar-refractivity contribution in [1.82, 2.24) is 0 Å². The van der Waals surface area contributed by atoms with Crippen LogP contribution >= 0.6 is 0 Å². The number of hydrogen-bond donors (Lipinski definition) is 1. The first-order chi connectivity index (χ1) is 7.68. The molecular weight excluding hydrogens is 212 g/mol. The summed E-state index contributed by atoms with van der Waals surface area (Å²) in [5.41, 5.74) is 5.77. The van der Waals surface area contributed by atoms with Crippen molar-refractivity contribution >= 4 is 0 Å². The fourth-order valence-corrected chi connectivity index (χ4v) is 1.55. The molecule has 16 heavy (non-hydrogen) atoms. The normalized spacial score (nSPS) is 12.7. The van der Waals surface area contributed by atoms with Crippen molar-refractivity contribution in [3.05, 3.63) is 59.6 Å². The summed E-state index contributed by atoms with van der Waals surface area (Å²) < 4.78 is 31.7. The topological polar surface area (TPSA) is 39.2 Å². The zero-order valence-corrected chi connectivity index (χ0v) is 8.49. The fourth-order valence-electron chi connectivity index (χ4n) is 1.55. The Morgan fingerprint density at radius 3 is 2.38 bits per heavy atom. The van der Waals surface area contributed by atoms with E-state index in [1.807, 2.05) is 0 Å². The van der Waals surface area contributed by atoms with Crippen LogP contribution < -0.4 is 5.73 Å². The Morgan fingerprint density at radius 1 is 1.12 bits per heavy atom. The van der Waals surface area contributed by atoms with Gasteiger partial charge >= 0.3 is 0 Å². The van der Waals surface area contributed by atoms with Crippen LogP contribution in [0.15, 0.2) is 41.0 Å². The number of rotatable bonds is 3. The first-order valence-electron chi connectivity index (χ1n) is 4.90. The first-order valence-corrected chi connectivity index (χ1v) is 4.90. The van der Waals surface area contributed by atoms with Gasteiger partial charge in [-0.05, 0) is 24.3 Å². The summed E-state index contributed by atoms with van der Waals surface area (Å²) in [5.74, 6) is -0.647. The van der Waals surface area contributed by atoms with Crippen molar-refractivity contribution in [3.63, 3.8) is 0 Å². The first kappa shape index (κ1) is 10.8. The maximum Gasteiger partial charge on any atom is 0.129 e. The van der Waals surface area contributed by atoms with Crippen molar-refractivity contribution in [2.24, 2.45) is 5.73 Å². The quantitative estimate of drug-likeness (QED) is 0.868. The molecule has 1 atom stereocenters. The van der Waals surface area contributed by atoms with Crippen molar-refractivity contribution in [1.29, 1.82) is 0 Å². The van der Waals surface area contributed by atoms with Crippen LogP contribution in [0.2, 0.25) is 0 Å². The monoisotopic (exact) mass is 223 g/mol. The van der Waals surface area contributed by atoms with Crippen LogP contribution in [0.5, 0.6) is 0 Å². The van der Waals surface area contributed by atoms with E-state index in [-0.39, 0.29) is 12.0 Å².